The summed E-state index contributed by atoms with van der Waals surface area (Å²) >= 11 is 0. The highest BCUT2D eigenvalue weighted by molar-refractivity contribution is 5.83. The van der Waals surface area contributed by atoms with E-state index in [0.717, 1.165) is 19.3 Å². The summed E-state index contributed by atoms with van der Waals surface area (Å²) < 4.78 is 2.21. The number of rotatable bonds is 5. The van der Waals surface area contributed by atoms with Crippen LogP contribution in [0.25, 0.3) is 10.9 Å². The Hall–Kier alpha value is -1.72. The maximum atomic E-state index is 3.79. The lowest BCUT2D eigenvalue weighted by Gasteiger charge is -2.02. The van der Waals surface area contributed by atoms with E-state index in [1.54, 1.807) is 0 Å². The Balaban J connectivity index is 2.20. The average Bonchev–Trinajstić information content (AvgIpc) is 2.72. The molecule has 1 heterocycles. The summed E-state index contributed by atoms with van der Waals surface area (Å²) in [5.41, 5.74) is 7.18. The van der Waals surface area contributed by atoms with Crippen LogP contribution in [0.3, 0.4) is 0 Å². The molecule has 0 spiro atoms. The zero-order valence-corrected chi connectivity index (χ0v) is 11.4. The van der Waals surface area contributed by atoms with Crippen molar-refractivity contribution >= 4 is 10.9 Å². The van der Waals surface area contributed by atoms with Gasteiger partial charge in [-0.05, 0) is 36.5 Å². The van der Waals surface area contributed by atoms with Crippen LogP contribution in [0.4, 0.5) is 0 Å². The van der Waals surface area contributed by atoms with Gasteiger partial charge in [0.1, 0.15) is 0 Å². The first-order valence-corrected chi connectivity index (χ1v) is 6.67. The molecule has 0 unspecified atom stereocenters. The molecule has 0 atom stereocenters. The Morgan fingerprint density at radius 1 is 1.28 bits per heavy atom. The summed E-state index contributed by atoms with van der Waals surface area (Å²) in [4.78, 5) is 0. The van der Waals surface area contributed by atoms with Crippen LogP contribution < -0.4 is 0 Å². The molecule has 0 N–H and O–H groups in total. The molecule has 2 rings (SSSR count). The van der Waals surface area contributed by atoms with Gasteiger partial charge in [-0.15, -0.1) is 5.73 Å². The highest BCUT2D eigenvalue weighted by Crippen LogP contribution is 2.23. The van der Waals surface area contributed by atoms with Crippen molar-refractivity contribution in [2.45, 2.75) is 32.6 Å². The van der Waals surface area contributed by atoms with Gasteiger partial charge >= 0.3 is 0 Å². The second-order valence-electron chi connectivity index (χ2n) is 4.81. The number of hydrogen-bond acceptors (Lipinski definition) is 0. The van der Waals surface area contributed by atoms with Gasteiger partial charge in [-0.1, -0.05) is 38.1 Å². The number of fused-ring (bicyclic) bond motifs is 1. The quantitative estimate of drug-likeness (QED) is 0.671. The molecular formula is C17H21N. The fourth-order valence-corrected chi connectivity index (χ4v) is 2.51. The van der Waals surface area contributed by atoms with Gasteiger partial charge < -0.3 is 4.57 Å². The van der Waals surface area contributed by atoms with Crippen LogP contribution in [0.2, 0.25) is 0 Å². The first kappa shape index (κ1) is 12.7. The Labute approximate surface area is 109 Å². The number of allylic oxidation sites excluding steroid dienone is 1. The molecule has 1 nitrogen and oxygen atoms in total. The molecule has 1 aromatic heterocycles. The van der Waals surface area contributed by atoms with E-state index < -0.39 is 0 Å². The number of nitrogens with zero attached hydrogens (tertiary/aromatic N) is 1. The van der Waals surface area contributed by atoms with Gasteiger partial charge in [0.25, 0.3) is 0 Å². The lowest BCUT2D eigenvalue weighted by Crippen LogP contribution is -1.88. The Kier molecular flexibility index (Phi) is 4.07. The zero-order chi connectivity index (χ0) is 13.0. The molecule has 1 aromatic carbocycles. The number of aryl methyl sites for hydroxylation is 2. The molecule has 0 fully saturated rings. The summed E-state index contributed by atoms with van der Waals surface area (Å²) in [6.45, 7) is 6.00. The monoisotopic (exact) mass is 239 g/mol. The van der Waals surface area contributed by atoms with Crippen molar-refractivity contribution in [2.24, 2.45) is 7.05 Å². The zero-order valence-electron chi connectivity index (χ0n) is 11.4. The van der Waals surface area contributed by atoms with Crippen molar-refractivity contribution in [3.05, 3.63) is 53.9 Å². The SMILES string of the molecule is C=C=C(CCC)CCc1cn(C)c2ccccc12. The van der Waals surface area contributed by atoms with E-state index >= 15 is 0 Å². The largest absolute Gasteiger partial charge is 0.350 e. The summed E-state index contributed by atoms with van der Waals surface area (Å²) in [6.07, 6.45) is 6.70. The second kappa shape index (κ2) is 5.75. The van der Waals surface area contributed by atoms with Gasteiger partial charge in [0, 0.05) is 24.1 Å². The first-order valence-electron chi connectivity index (χ1n) is 6.67. The molecule has 0 amide bonds. The summed E-state index contributed by atoms with van der Waals surface area (Å²) in [5, 5.41) is 1.37. The Bertz CT molecular complexity index is 583. The van der Waals surface area contributed by atoms with Crippen molar-refractivity contribution in [3.63, 3.8) is 0 Å². The van der Waals surface area contributed by atoms with Crippen LogP contribution in [0, 0.1) is 0 Å². The summed E-state index contributed by atoms with van der Waals surface area (Å²) in [6, 6.07) is 8.59. The summed E-state index contributed by atoms with van der Waals surface area (Å²) in [7, 11) is 2.11. The molecule has 0 aliphatic heterocycles. The summed E-state index contributed by atoms with van der Waals surface area (Å²) in [5.74, 6) is 0. The van der Waals surface area contributed by atoms with Gasteiger partial charge in [-0.3, -0.25) is 0 Å². The van der Waals surface area contributed by atoms with Crippen LogP contribution >= 0.6 is 0 Å². The molecule has 0 aliphatic carbocycles. The molecule has 2 aromatic rings. The maximum absolute atomic E-state index is 3.79. The molecule has 94 valence electrons. The number of aromatic nitrogens is 1. The lowest BCUT2D eigenvalue weighted by molar-refractivity contribution is 0.819. The normalized spacial score (nSPS) is 10.6. The molecule has 0 saturated heterocycles. The van der Waals surface area contributed by atoms with Crippen molar-refractivity contribution in [1.29, 1.82) is 0 Å². The molecular weight excluding hydrogens is 218 g/mol. The van der Waals surface area contributed by atoms with Crippen LogP contribution in [-0.4, -0.2) is 4.57 Å². The van der Waals surface area contributed by atoms with Crippen LogP contribution in [0.15, 0.2) is 48.3 Å². The molecule has 18 heavy (non-hydrogen) atoms. The third kappa shape index (κ3) is 2.57. The highest BCUT2D eigenvalue weighted by atomic mass is 14.9. The molecule has 0 radical (unpaired) electrons. The predicted molar refractivity (Wildman–Crippen MR) is 78.8 cm³/mol. The van der Waals surface area contributed by atoms with E-state index in [2.05, 4.69) is 61.3 Å². The lowest BCUT2D eigenvalue weighted by atomic mass is 10.0. The van der Waals surface area contributed by atoms with Crippen molar-refractivity contribution < 1.29 is 0 Å². The van der Waals surface area contributed by atoms with Gasteiger partial charge in [0.15, 0.2) is 0 Å². The minimum absolute atomic E-state index is 1.07. The van der Waals surface area contributed by atoms with Crippen LogP contribution in [0.1, 0.15) is 31.7 Å². The van der Waals surface area contributed by atoms with Crippen molar-refractivity contribution in [3.8, 4) is 0 Å². The fourth-order valence-electron chi connectivity index (χ4n) is 2.51. The molecule has 0 aliphatic rings. The van der Waals surface area contributed by atoms with Crippen LogP contribution in [-0.2, 0) is 13.5 Å². The van der Waals surface area contributed by atoms with E-state index in [4.69, 9.17) is 0 Å². The van der Waals surface area contributed by atoms with Gasteiger partial charge in [0.05, 0.1) is 0 Å². The van der Waals surface area contributed by atoms with Crippen molar-refractivity contribution in [1.82, 2.24) is 4.57 Å². The fraction of sp³-hybridized carbons (Fsp3) is 0.353. The Morgan fingerprint density at radius 3 is 2.78 bits per heavy atom. The highest BCUT2D eigenvalue weighted by Gasteiger charge is 2.06. The predicted octanol–water partition coefficient (Wildman–Crippen LogP) is 4.62. The van der Waals surface area contributed by atoms with Gasteiger partial charge in [0.2, 0.25) is 0 Å². The topological polar surface area (TPSA) is 4.93 Å². The van der Waals surface area contributed by atoms with E-state index in [0.29, 0.717) is 0 Å². The number of hydrogen-bond donors (Lipinski definition) is 0. The maximum Gasteiger partial charge on any atom is 0.0480 e. The minimum Gasteiger partial charge on any atom is -0.350 e. The van der Waals surface area contributed by atoms with Crippen molar-refractivity contribution in [2.75, 3.05) is 0 Å². The number of para-hydroxylation sites is 1. The Morgan fingerprint density at radius 2 is 2.06 bits per heavy atom. The third-order valence-corrected chi connectivity index (χ3v) is 3.48. The molecule has 1 heteroatoms. The third-order valence-electron chi connectivity index (χ3n) is 3.48. The van der Waals surface area contributed by atoms with E-state index in [1.165, 1.54) is 28.5 Å². The first-order chi connectivity index (χ1) is 8.76. The van der Waals surface area contributed by atoms with Gasteiger partial charge in [-0.25, -0.2) is 0 Å². The molecule has 0 bridgehead atoms. The molecule has 0 saturated carbocycles. The number of benzene rings is 1. The second-order valence-corrected chi connectivity index (χ2v) is 4.81. The minimum atomic E-state index is 1.07. The van der Waals surface area contributed by atoms with E-state index in [1.807, 2.05) is 0 Å². The smallest absolute Gasteiger partial charge is 0.0480 e. The van der Waals surface area contributed by atoms with E-state index in [-0.39, 0.29) is 0 Å². The van der Waals surface area contributed by atoms with E-state index in [9.17, 15) is 0 Å². The van der Waals surface area contributed by atoms with Gasteiger partial charge in [-0.2, -0.15) is 0 Å². The average molecular weight is 239 g/mol. The standard InChI is InChI=1S/C17H21N/c1-4-8-14(5-2)11-12-15-13-18(3)17-10-7-6-9-16(15)17/h6-7,9-10,13H,2,4,8,11-12H2,1,3H3. The van der Waals surface area contributed by atoms with Crippen LogP contribution in [0.5, 0.6) is 0 Å².